The summed E-state index contributed by atoms with van der Waals surface area (Å²) < 4.78 is 40.5. The zero-order chi connectivity index (χ0) is 14.6. The molecule has 2 atom stereocenters. The normalized spacial score (nSPS) is 14.6. The lowest BCUT2D eigenvalue weighted by atomic mass is 10.0. The van der Waals surface area contributed by atoms with Crippen LogP contribution in [0.3, 0.4) is 0 Å². The molecule has 1 aromatic rings. The van der Waals surface area contributed by atoms with Gasteiger partial charge in [0.15, 0.2) is 5.75 Å². The van der Waals surface area contributed by atoms with Crippen LogP contribution in [0.15, 0.2) is 24.3 Å². The number of rotatable bonds is 5. The van der Waals surface area contributed by atoms with Crippen LogP contribution >= 0.6 is 0 Å². The molecule has 0 heterocycles. The number of carbonyl (C=O) groups is 1. The Hall–Kier alpha value is -1.92. The summed E-state index contributed by atoms with van der Waals surface area (Å²) in [5, 5.41) is 11.5. The van der Waals surface area contributed by atoms with Crippen molar-refractivity contribution in [1.82, 2.24) is 0 Å². The number of para-hydroxylation sites is 2. The number of nitrogens with one attached hydrogen (secondary N) is 1. The maximum absolute atomic E-state index is 12.2. The average Bonchev–Trinajstić information content (AvgIpc) is 2.28. The van der Waals surface area contributed by atoms with Crippen LogP contribution in [0.5, 0.6) is 5.75 Å². The van der Waals surface area contributed by atoms with E-state index in [0.29, 0.717) is 0 Å². The summed E-state index contributed by atoms with van der Waals surface area (Å²) in [7, 11) is 0. The van der Waals surface area contributed by atoms with Crippen LogP contribution < -0.4 is 10.1 Å². The number of benzene rings is 1. The van der Waals surface area contributed by atoms with Crippen molar-refractivity contribution in [3.05, 3.63) is 24.3 Å². The molecule has 0 bridgehead atoms. The fourth-order valence-electron chi connectivity index (χ4n) is 1.38. The Morgan fingerprint density at radius 2 is 1.89 bits per heavy atom. The predicted octanol–water partition coefficient (Wildman–Crippen LogP) is 3.11. The lowest BCUT2D eigenvalue weighted by molar-refractivity contribution is -0.274. The lowest BCUT2D eigenvalue weighted by Gasteiger charge is -2.21. The Morgan fingerprint density at radius 3 is 2.42 bits per heavy atom. The van der Waals surface area contributed by atoms with Crippen molar-refractivity contribution >= 4 is 11.7 Å². The minimum Gasteiger partial charge on any atom is -0.481 e. The van der Waals surface area contributed by atoms with Gasteiger partial charge in [0.25, 0.3) is 0 Å². The molecule has 0 amide bonds. The Bertz CT molecular complexity index is 448. The molecule has 0 aliphatic heterocycles. The van der Waals surface area contributed by atoms with Gasteiger partial charge in [0.1, 0.15) is 0 Å². The third kappa shape index (κ3) is 4.69. The standard InChI is InChI=1S/C12H14F3NO3/c1-7(11(17)18)8(2)16-9-5-3-4-6-10(9)19-12(13,14)15/h3-8,16H,1-2H3,(H,17,18). The number of aliphatic carboxylic acids is 1. The first-order valence-corrected chi connectivity index (χ1v) is 5.55. The molecule has 2 unspecified atom stereocenters. The molecule has 0 aromatic heterocycles. The highest BCUT2D eigenvalue weighted by atomic mass is 19.4. The Morgan fingerprint density at radius 1 is 1.32 bits per heavy atom. The number of carboxylic acid groups (broad SMARTS) is 1. The summed E-state index contributed by atoms with van der Waals surface area (Å²) in [5.74, 6) is -2.17. The topological polar surface area (TPSA) is 58.6 Å². The molecule has 106 valence electrons. The molecule has 4 nitrogen and oxygen atoms in total. The molecule has 7 heteroatoms. The van der Waals surface area contributed by atoms with Crippen LogP contribution in [0.2, 0.25) is 0 Å². The van der Waals surface area contributed by atoms with E-state index in [4.69, 9.17) is 5.11 Å². The fraction of sp³-hybridized carbons (Fsp3) is 0.417. The first-order valence-electron chi connectivity index (χ1n) is 5.55. The van der Waals surface area contributed by atoms with Crippen molar-refractivity contribution < 1.29 is 27.8 Å². The highest BCUT2D eigenvalue weighted by Crippen LogP contribution is 2.30. The maximum Gasteiger partial charge on any atom is 0.573 e. The van der Waals surface area contributed by atoms with Gasteiger partial charge in [-0.05, 0) is 26.0 Å². The van der Waals surface area contributed by atoms with Gasteiger partial charge in [0.05, 0.1) is 11.6 Å². The number of anilines is 1. The van der Waals surface area contributed by atoms with E-state index in [9.17, 15) is 18.0 Å². The van der Waals surface area contributed by atoms with Crippen molar-refractivity contribution in [2.24, 2.45) is 5.92 Å². The monoisotopic (exact) mass is 277 g/mol. The summed E-state index contributed by atoms with van der Waals surface area (Å²) in [4.78, 5) is 10.8. The second-order valence-electron chi connectivity index (χ2n) is 4.10. The van der Waals surface area contributed by atoms with Crippen LogP contribution in [-0.2, 0) is 4.79 Å². The zero-order valence-corrected chi connectivity index (χ0v) is 10.4. The second kappa shape index (κ2) is 5.81. The molecule has 0 saturated heterocycles. The Balaban J connectivity index is 2.86. The molecule has 0 fully saturated rings. The largest absolute Gasteiger partial charge is 0.573 e. The minimum absolute atomic E-state index is 0.0976. The molecular weight excluding hydrogens is 263 g/mol. The van der Waals surface area contributed by atoms with Gasteiger partial charge < -0.3 is 15.2 Å². The number of hydrogen-bond acceptors (Lipinski definition) is 3. The molecule has 1 aromatic carbocycles. The lowest BCUT2D eigenvalue weighted by Crippen LogP contribution is -2.30. The van der Waals surface area contributed by atoms with Crippen molar-refractivity contribution in [3.8, 4) is 5.75 Å². The van der Waals surface area contributed by atoms with E-state index < -0.39 is 24.3 Å². The van der Waals surface area contributed by atoms with Crippen LogP contribution in [0.25, 0.3) is 0 Å². The van der Waals surface area contributed by atoms with Gasteiger partial charge in [0.2, 0.25) is 0 Å². The van der Waals surface area contributed by atoms with E-state index in [1.807, 2.05) is 0 Å². The molecule has 0 aliphatic rings. The molecular formula is C12H14F3NO3. The summed E-state index contributed by atoms with van der Waals surface area (Å²) in [6.07, 6.45) is -4.79. The van der Waals surface area contributed by atoms with Gasteiger partial charge in [-0.1, -0.05) is 12.1 Å². The first kappa shape index (κ1) is 15.1. The van der Waals surface area contributed by atoms with Gasteiger partial charge in [-0.25, -0.2) is 0 Å². The molecule has 2 N–H and O–H groups in total. The van der Waals surface area contributed by atoms with E-state index in [-0.39, 0.29) is 11.4 Å². The predicted molar refractivity (Wildman–Crippen MR) is 63.0 cm³/mol. The minimum atomic E-state index is -4.79. The van der Waals surface area contributed by atoms with Crippen LogP contribution in [-0.4, -0.2) is 23.5 Å². The van der Waals surface area contributed by atoms with Gasteiger partial charge in [-0.15, -0.1) is 13.2 Å². The molecule has 1 rings (SSSR count). The smallest absolute Gasteiger partial charge is 0.481 e. The molecule has 0 spiro atoms. The highest BCUT2D eigenvalue weighted by Gasteiger charge is 2.32. The molecule has 0 saturated carbocycles. The van der Waals surface area contributed by atoms with E-state index in [2.05, 4.69) is 10.1 Å². The SMILES string of the molecule is CC(Nc1ccccc1OC(F)(F)F)C(C)C(=O)O. The quantitative estimate of drug-likeness (QED) is 0.868. The molecule has 0 aliphatic carbocycles. The summed E-state index contributed by atoms with van der Waals surface area (Å²) >= 11 is 0. The Labute approximate surface area is 108 Å². The average molecular weight is 277 g/mol. The van der Waals surface area contributed by atoms with Gasteiger partial charge in [-0.3, -0.25) is 4.79 Å². The zero-order valence-electron chi connectivity index (χ0n) is 10.4. The van der Waals surface area contributed by atoms with Crippen LogP contribution in [0.4, 0.5) is 18.9 Å². The van der Waals surface area contributed by atoms with Gasteiger partial charge >= 0.3 is 12.3 Å². The van der Waals surface area contributed by atoms with Crippen molar-refractivity contribution in [1.29, 1.82) is 0 Å². The third-order valence-electron chi connectivity index (χ3n) is 2.64. The molecule has 0 radical (unpaired) electrons. The second-order valence-corrected chi connectivity index (χ2v) is 4.10. The fourth-order valence-corrected chi connectivity index (χ4v) is 1.38. The molecule has 19 heavy (non-hydrogen) atoms. The van der Waals surface area contributed by atoms with Gasteiger partial charge in [-0.2, -0.15) is 0 Å². The van der Waals surface area contributed by atoms with Gasteiger partial charge in [0, 0.05) is 6.04 Å². The van der Waals surface area contributed by atoms with Crippen LogP contribution in [0, 0.1) is 5.92 Å². The number of carboxylic acids is 1. The van der Waals surface area contributed by atoms with Crippen molar-refractivity contribution in [2.45, 2.75) is 26.3 Å². The summed E-state index contributed by atoms with van der Waals surface area (Å²) in [5.41, 5.74) is 0.0976. The summed E-state index contributed by atoms with van der Waals surface area (Å²) in [6, 6.07) is 4.94. The summed E-state index contributed by atoms with van der Waals surface area (Å²) in [6.45, 7) is 3.04. The van der Waals surface area contributed by atoms with Crippen LogP contribution in [0.1, 0.15) is 13.8 Å². The van der Waals surface area contributed by atoms with E-state index >= 15 is 0 Å². The number of hydrogen-bond donors (Lipinski definition) is 2. The highest BCUT2D eigenvalue weighted by molar-refractivity contribution is 5.71. The van der Waals surface area contributed by atoms with E-state index in [0.717, 1.165) is 6.07 Å². The Kier molecular flexibility index (Phi) is 4.63. The van der Waals surface area contributed by atoms with Crippen molar-refractivity contribution in [3.63, 3.8) is 0 Å². The first-order chi connectivity index (χ1) is 8.70. The van der Waals surface area contributed by atoms with E-state index in [1.165, 1.54) is 25.1 Å². The van der Waals surface area contributed by atoms with E-state index in [1.54, 1.807) is 6.92 Å². The number of alkyl halides is 3. The number of ether oxygens (including phenoxy) is 1. The maximum atomic E-state index is 12.2. The van der Waals surface area contributed by atoms with Crippen molar-refractivity contribution in [2.75, 3.05) is 5.32 Å². The third-order valence-corrected chi connectivity index (χ3v) is 2.64. The number of halogens is 3.